The molecule has 2 heterocycles. The van der Waals surface area contributed by atoms with Crippen molar-refractivity contribution in [2.75, 3.05) is 31.5 Å². The zero-order valence-electron chi connectivity index (χ0n) is 20.1. The summed E-state index contributed by atoms with van der Waals surface area (Å²) < 4.78 is 0. The van der Waals surface area contributed by atoms with Crippen molar-refractivity contribution in [3.63, 3.8) is 0 Å². The van der Waals surface area contributed by atoms with E-state index < -0.39 is 0 Å². The highest BCUT2D eigenvalue weighted by Gasteiger charge is 2.38. The standard InChI is InChI=1S/C30H35N3O/c1-23-8-16-27(17-9-23)31-30(34)33-20-5-19-32-21-18-28(29(32)22-33)26-14-12-25(13-15-26)11-10-24-6-3-2-4-7-24/h2-4,6-9,12-17,28-29H,5,10-11,18-22H2,1H3,(H,31,34)/t28-,29+/m1/s1. The van der Waals surface area contributed by atoms with Crippen molar-refractivity contribution in [1.29, 1.82) is 0 Å². The predicted molar refractivity (Wildman–Crippen MR) is 139 cm³/mol. The molecule has 34 heavy (non-hydrogen) atoms. The number of amides is 2. The molecule has 0 spiro atoms. The van der Waals surface area contributed by atoms with Crippen LogP contribution in [-0.4, -0.2) is 48.1 Å². The van der Waals surface area contributed by atoms with Crippen LogP contribution in [0.3, 0.4) is 0 Å². The summed E-state index contributed by atoms with van der Waals surface area (Å²) in [4.78, 5) is 17.7. The molecule has 2 aliphatic heterocycles. The van der Waals surface area contributed by atoms with E-state index in [-0.39, 0.29) is 6.03 Å². The average molecular weight is 454 g/mol. The summed E-state index contributed by atoms with van der Waals surface area (Å²) in [5.74, 6) is 0.482. The maximum Gasteiger partial charge on any atom is 0.321 e. The van der Waals surface area contributed by atoms with Gasteiger partial charge in [0.05, 0.1) is 0 Å². The summed E-state index contributed by atoms with van der Waals surface area (Å²) in [5.41, 5.74) is 6.26. The van der Waals surface area contributed by atoms with E-state index in [1.54, 1.807) is 0 Å². The third kappa shape index (κ3) is 5.34. The summed E-state index contributed by atoms with van der Waals surface area (Å²) in [6.07, 6.45) is 4.34. The summed E-state index contributed by atoms with van der Waals surface area (Å²) >= 11 is 0. The predicted octanol–water partition coefficient (Wildman–Crippen LogP) is 5.88. The number of nitrogens with zero attached hydrogens (tertiary/aromatic N) is 2. The van der Waals surface area contributed by atoms with Gasteiger partial charge in [-0.05, 0) is 68.0 Å². The van der Waals surface area contributed by atoms with Gasteiger partial charge in [-0.15, -0.1) is 0 Å². The molecular weight excluding hydrogens is 418 g/mol. The molecule has 3 aromatic carbocycles. The molecule has 5 rings (SSSR count). The van der Waals surface area contributed by atoms with Crippen molar-refractivity contribution >= 4 is 11.7 Å². The van der Waals surface area contributed by atoms with E-state index in [1.165, 1.54) is 28.7 Å². The third-order valence-electron chi connectivity index (χ3n) is 7.48. The third-order valence-corrected chi connectivity index (χ3v) is 7.48. The Bertz CT molecular complexity index is 1080. The van der Waals surface area contributed by atoms with Crippen molar-refractivity contribution in [3.05, 3.63) is 101 Å². The van der Waals surface area contributed by atoms with Gasteiger partial charge in [-0.1, -0.05) is 72.3 Å². The lowest BCUT2D eigenvalue weighted by atomic mass is 9.90. The number of hydrogen-bond donors (Lipinski definition) is 1. The average Bonchev–Trinajstić information content (AvgIpc) is 3.14. The number of benzene rings is 3. The van der Waals surface area contributed by atoms with Crippen LogP contribution in [0.2, 0.25) is 0 Å². The van der Waals surface area contributed by atoms with E-state index >= 15 is 0 Å². The Hall–Kier alpha value is -3.11. The number of fused-ring (bicyclic) bond motifs is 1. The molecule has 0 unspecified atom stereocenters. The molecule has 0 bridgehead atoms. The van der Waals surface area contributed by atoms with E-state index in [2.05, 4.69) is 71.7 Å². The van der Waals surface area contributed by atoms with Gasteiger partial charge in [-0.3, -0.25) is 4.90 Å². The normalized spacial score (nSPS) is 20.6. The molecule has 2 aliphatic rings. The summed E-state index contributed by atoms with van der Waals surface area (Å²) in [6.45, 7) is 5.86. The molecule has 2 atom stereocenters. The summed E-state index contributed by atoms with van der Waals surface area (Å²) in [7, 11) is 0. The van der Waals surface area contributed by atoms with Gasteiger partial charge in [-0.2, -0.15) is 0 Å². The van der Waals surface area contributed by atoms with Gasteiger partial charge in [0, 0.05) is 37.3 Å². The molecule has 0 aromatic heterocycles. The van der Waals surface area contributed by atoms with Gasteiger partial charge in [0.1, 0.15) is 0 Å². The van der Waals surface area contributed by atoms with Crippen molar-refractivity contribution in [2.45, 2.75) is 44.6 Å². The molecule has 3 aromatic rings. The smallest absolute Gasteiger partial charge is 0.321 e. The second-order valence-electron chi connectivity index (χ2n) is 9.82. The molecule has 2 saturated heterocycles. The van der Waals surface area contributed by atoms with E-state index in [0.717, 1.165) is 51.1 Å². The Morgan fingerprint density at radius 3 is 2.29 bits per heavy atom. The molecule has 0 saturated carbocycles. The van der Waals surface area contributed by atoms with Crippen LogP contribution >= 0.6 is 0 Å². The highest BCUT2D eigenvalue weighted by Crippen LogP contribution is 2.35. The summed E-state index contributed by atoms with van der Waals surface area (Å²) in [5, 5.41) is 3.10. The van der Waals surface area contributed by atoms with Gasteiger partial charge in [0.15, 0.2) is 0 Å². The van der Waals surface area contributed by atoms with Crippen molar-refractivity contribution in [1.82, 2.24) is 9.80 Å². The second-order valence-corrected chi connectivity index (χ2v) is 9.82. The number of urea groups is 1. The molecule has 1 N–H and O–H groups in total. The van der Waals surface area contributed by atoms with Crippen LogP contribution < -0.4 is 5.32 Å². The second kappa shape index (κ2) is 10.4. The lowest BCUT2D eigenvalue weighted by molar-refractivity contribution is 0.197. The van der Waals surface area contributed by atoms with Gasteiger partial charge >= 0.3 is 6.03 Å². The van der Waals surface area contributed by atoms with Crippen molar-refractivity contribution < 1.29 is 4.79 Å². The van der Waals surface area contributed by atoms with Crippen LogP contribution in [0.1, 0.15) is 41.0 Å². The number of hydrogen-bond acceptors (Lipinski definition) is 2. The molecule has 2 fully saturated rings. The Labute approximate surface area is 203 Å². The Balaban J connectivity index is 1.23. The molecule has 176 valence electrons. The zero-order valence-corrected chi connectivity index (χ0v) is 20.1. The molecule has 4 nitrogen and oxygen atoms in total. The number of anilines is 1. The first-order valence-corrected chi connectivity index (χ1v) is 12.6. The maximum atomic E-state index is 13.1. The minimum atomic E-state index is 0.0209. The first-order chi connectivity index (χ1) is 16.7. The van der Waals surface area contributed by atoms with Gasteiger partial charge in [0.25, 0.3) is 0 Å². The van der Waals surface area contributed by atoms with Gasteiger partial charge in [-0.25, -0.2) is 4.79 Å². The maximum absolute atomic E-state index is 13.1. The van der Waals surface area contributed by atoms with E-state index in [1.807, 2.05) is 29.2 Å². The molecule has 0 radical (unpaired) electrons. The zero-order chi connectivity index (χ0) is 23.3. The number of rotatable bonds is 5. The highest BCUT2D eigenvalue weighted by molar-refractivity contribution is 5.89. The molecule has 4 heteroatoms. The summed E-state index contributed by atoms with van der Waals surface area (Å²) in [6, 6.07) is 28.4. The van der Waals surface area contributed by atoms with Crippen LogP contribution in [0.5, 0.6) is 0 Å². The number of nitrogens with one attached hydrogen (secondary N) is 1. The quantitative estimate of drug-likeness (QED) is 0.524. The largest absolute Gasteiger partial charge is 0.323 e. The SMILES string of the molecule is Cc1ccc(NC(=O)N2CCCN3CC[C@H](c4ccc(CCc5ccccc5)cc4)[C@@H]3C2)cc1. The van der Waals surface area contributed by atoms with E-state index in [4.69, 9.17) is 0 Å². The molecule has 0 aliphatic carbocycles. The number of carbonyl (C=O) groups is 1. The lowest BCUT2D eigenvalue weighted by Gasteiger charge is -2.30. The van der Waals surface area contributed by atoms with Crippen LogP contribution in [-0.2, 0) is 12.8 Å². The first kappa shape index (κ1) is 22.7. The Morgan fingerprint density at radius 1 is 0.853 bits per heavy atom. The van der Waals surface area contributed by atoms with Crippen LogP contribution in [0, 0.1) is 6.92 Å². The van der Waals surface area contributed by atoms with Crippen LogP contribution in [0.4, 0.5) is 10.5 Å². The van der Waals surface area contributed by atoms with Gasteiger partial charge in [0.2, 0.25) is 0 Å². The first-order valence-electron chi connectivity index (χ1n) is 12.6. The van der Waals surface area contributed by atoms with Crippen LogP contribution in [0.15, 0.2) is 78.9 Å². The lowest BCUT2D eigenvalue weighted by Crippen LogP contribution is -2.43. The molecule has 2 amide bonds. The fourth-order valence-corrected chi connectivity index (χ4v) is 5.50. The Kier molecular flexibility index (Phi) is 6.96. The van der Waals surface area contributed by atoms with Crippen molar-refractivity contribution in [3.8, 4) is 0 Å². The topological polar surface area (TPSA) is 35.6 Å². The van der Waals surface area contributed by atoms with Gasteiger partial charge < -0.3 is 10.2 Å². The monoisotopic (exact) mass is 453 g/mol. The minimum absolute atomic E-state index is 0.0209. The van der Waals surface area contributed by atoms with Crippen LogP contribution in [0.25, 0.3) is 0 Å². The fourth-order valence-electron chi connectivity index (χ4n) is 5.50. The van der Waals surface area contributed by atoms with E-state index in [0.29, 0.717) is 12.0 Å². The van der Waals surface area contributed by atoms with Crippen molar-refractivity contribution in [2.24, 2.45) is 0 Å². The highest BCUT2D eigenvalue weighted by atomic mass is 16.2. The number of carbonyl (C=O) groups excluding carboxylic acids is 1. The van der Waals surface area contributed by atoms with E-state index in [9.17, 15) is 4.79 Å². The minimum Gasteiger partial charge on any atom is -0.323 e. The number of aryl methyl sites for hydroxylation is 3. The molecular formula is C30H35N3O. The Morgan fingerprint density at radius 2 is 1.56 bits per heavy atom. The fraction of sp³-hybridized carbons (Fsp3) is 0.367.